The van der Waals surface area contributed by atoms with Gasteiger partial charge in [0.05, 0.1) is 17.9 Å². The van der Waals surface area contributed by atoms with Gasteiger partial charge >= 0.3 is 5.97 Å². The second kappa shape index (κ2) is 6.05. The number of anilines is 1. The molecule has 0 radical (unpaired) electrons. The van der Waals surface area contributed by atoms with Gasteiger partial charge < -0.3 is 10.4 Å². The Morgan fingerprint density at radius 1 is 1.32 bits per heavy atom. The zero-order valence-corrected chi connectivity index (χ0v) is 10.7. The number of carboxylic acid groups (broad SMARTS) is 1. The van der Waals surface area contributed by atoms with E-state index in [4.69, 9.17) is 5.11 Å². The highest BCUT2D eigenvalue weighted by Gasteiger charge is 2.11. The maximum atomic E-state index is 11.8. The van der Waals surface area contributed by atoms with Crippen molar-refractivity contribution < 1.29 is 14.7 Å². The largest absolute Gasteiger partial charge is 0.481 e. The molecule has 0 atom stereocenters. The molecule has 0 aliphatic rings. The van der Waals surface area contributed by atoms with Crippen LogP contribution >= 0.6 is 11.7 Å². The molecule has 1 aromatic carbocycles. The van der Waals surface area contributed by atoms with Gasteiger partial charge in [-0.1, -0.05) is 18.2 Å². The predicted molar refractivity (Wildman–Crippen MR) is 70.3 cm³/mol. The van der Waals surface area contributed by atoms with Crippen molar-refractivity contribution in [3.8, 4) is 0 Å². The van der Waals surface area contributed by atoms with Crippen molar-refractivity contribution in [1.29, 1.82) is 0 Å². The minimum Gasteiger partial charge on any atom is -0.481 e. The molecule has 2 N–H and O–H groups in total. The van der Waals surface area contributed by atoms with E-state index in [1.807, 2.05) is 0 Å². The van der Waals surface area contributed by atoms with Gasteiger partial charge in [-0.05, 0) is 18.1 Å². The SMILES string of the molecule is O=C(O)CCc1ccccc1NC(=O)c1cnsn1. The first-order chi connectivity index (χ1) is 9.16. The summed E-state index contributed by atoms with van der Waals surface area (Å²) < 4.78 is 7.60. The Balaban J connectivity index is 2.11. The van der Waals surface area contributed by atoms with E-state index in [1.54, 1.807) is 24.3 Å². The Hall–Kier alpha value is -2.28. The highest BCUT2D eigenvalue weighted by molar-refractivity contribution is 6.99. The molecular weight excluding hydrogens is 266 g/mol. The second-order valence-electron chi connectivity index (χ2n) is 3.80. The van der Waals surface area contributed by atoms with E-state index in [0.717, 1.165) is 17.3 Å². The summed E-state index contributed by atoms with van der Waals surface area (Å²) in [5.74, 6) is -1.22. The highest BCUT2D eigenvalue weighted by Crippen LogP contribution is 2.17. The monoisotopic (exact) mass is 277 g/mol. The van der Waals surface area contributed by atoms with Crippen molar-refractivity contribution in [3.63, 3.8) is 0 Å². The van der Waals surface area contributed by atoms with Crippen LogP contribution in [-0.2, 0) is 11.2 Å². The van der Waals surface area contributed by atoms with Crippen LogP contribution in [0.1, 0.15) is 22.5 Å². The van der Waals surface area contributed by atoms with E-state index in [-0.39, 0.29) is 18.0 Å². The fourth-order valence-electron chi connectivity index (χ4n) is 1.55. The number of carboxylic acids is 1. The Morgan fingerprint density at radius 3 is 2.79 bits per heavy atom. The first-order valence-electron chi connectivity index (χ1n) is 5.55. The summed E-state index contributed by atoms with van der Waals surface area (Å²) in [6, 6.07) is 7.10. The number of rotatable bonds is 5. The number of carbonyl (C=O) groups excluding carboxylic acids is 1. The van der Waals surface area contributed by atoms with Crippen LogP contribution in [0, 0.1) is 0 Å². The topological polar surface area (TPSA) is 92.2 Å². The minimum absolute atomic E-state index is 0.0190. The van der Waals surface area contributed by atoms with Crippen molar-refractivity contribution in [2.24, 2.45) is 0 Å². The molecule has 2 aromatic rings. The number of carbonyl (C=O) groups is 2. The Morgan fingerprint density at radius 2 is 2.11 bits per heavy atom. The second-order valence-corrected chi connectivity index (χ2v) is 4.35. The number of amides is 1. The summed E-state index contributed by atoms with van der Waals surface area (Å²) >= 11 is 0.958. The standard InChI is InChI=1S/C12H11N3O3S/c16-11(17)6-5-8-3-1-2-4-9(8)14-12(18)10-7-13-19-15-10/h1-4,7H,5-6H2,(H,14,18)(H,16,17). The van der Waals surface area contributed by atoms with Gasteiger partial charge in [0.1, 0.15) is 0 Å². The number of aromatic nitrogens is 2. The van der Waals surface area contributed by atoms with Gasteiger partial charge in [0.25, 0.3) is 5.91 Å². The van der Waals surface area contributed by atoms with Crippen molar-refractivity contribution in [1.82, 2.24) is 8.75 Å². The molecule has 0 fully saturated rings. The van der Waals surface area contributed by atoms with E-state index in [2.05, 4.69) is 14.1 Å². The van der Waals surface area contributed by atoms with Crippen molar-refractivity contribution in [3.05, 3.63) is 41.7 Å². The normalized spacial score (nSPS) is 10.1. The van der Waals surface area contributed by atoms with Crippen LogP contribution in [0.15, 0.2) is 30.5 Å². The lowest BCUT2D eigenvalue weighted by atomic mass is 10.1. The molecule has 2 rings (SSSR count). The molecule has 0 aliphatic carbocycles. The first-order valence-corrected chi connectivity index (χ1v) is 6.28. The molecule has 1 heterocycles. The van der Waals surface area contributed by atoms with E-state index in [0.29, 0.717) is 12.1 Å². The van der Waals surface area contributed by atoms with E-state index in [9.17, 15) is 9.59 Å². The van der Waals surface area contributed by atoms with Gasteiger partial charge in [-0.2, -0.15) is 8.75 Å². The Bertz CT molecular complexity index is 584. The van der Waals surface area contributed by atoms with Crippen LogP contribution in [0.4, 0.5) is 5.69 Å². The van der Waals surface area contributed by atoms with Crippen LogP contribution in [0.2, 0.25) is 0 Å². The number of hydrogen-bond acceptors (Lipinski definition) is 5. The number of aliphatic carboxylic acids is 1. The minimum atomic E-state index is -0.871. The average molecular weight is 277 g/mol. The predicted octanol–water partition coefficient (Wildman–Crippen LogP) is 1.81. The fraction of sp³-hybridized carbons (Fsp3) is 0.167. The molecule has 6 nitrogen and oxygen atoms in total. The van der Waals surface area contributed by atoms with E-state index in [1.165, 1.54) is 6.20 Å². The molecule has 0 spiro atoms. The molecular formula is C12H11N3O3S. The lowest BCUT2D eigenvalue weighted by molar-refractivity contribution is -0.136. The van der Waals surface area contributed by atoms with E-state index < -0.39 is 5.97 Å². The van der Waals surface area contributed by atoms with E-state index >= 15 is 0 Å². The summed E-state index contributed by atoms with van der Waals surface area (Å²) in [6.07, 6.45) is 1.77. The zero-order valence-electron chi connectivity index (χ0n) is 9.87. The smallest absolute Gasteiger partial charge is 0.303 e. The van der Waals surface area contributed by atoms with Crippen molar-refractivity contribution >= 4 is 29.3 Å². The molecule has 0 saturated carbocycles. The number of benzene rings is 1. The van der Waals surface area contributed by atoms with Gasteiger partial charge in [0.2, 0.25) is 0 Å². The van der Waals surface area contributed by atoms with Gasteiger partial charge in [-0.3, -0.25) is 9.59 Å². The van der Waals surface area contributed by atoms with Crippen molar-refractivity contribution in [2.45, 2.75) is 12.8 Å². The van der Waals surface area contributed by atoms with Crippen LogP contribution in [-0.4, -0.2) is 25.7 Å². The first kappa shape index (κ1) is 13.2. The fourth-order valence-corrected chi connectivity index (χ4v) is 1.97. The summed E-state index contributed by atoms with van der Waals surface area (Å²) in [7, 11) is 0. The number of aryl methyl sites for hydroxylation is 1. The number of hydrogen-bond donors (Lipinski definition) is 2. The highest BCUT2D eigenvalue weighted by atomic mass is 32.1. The maximum Gasteiger partial charge on any atom is 0.303 e. The van der Waals surface area contributed by atoms with Gasteiger partial charge in [0, 0.05) is 12.1 Å². The summed E-state index contributed by atoms with van der Waals surface area (Å²) in [6.45, 7) is 0. The molecule has 1 aromatic heterocycles. The number of nitrogens with zero attached hydrogens (tertiary/aromatic N) is 2. The third kappa shape index (κ3) is 3.59. The Kier molecular flexibility index (Phi) is 4.19. The number of para-hydroxylation sites is 1. The lowest BCUT2D eigenvalue weighted by Crippen LogP contribution is -2.13. The van der Waals surface area contributed by atoms with Crippen molar-refractivity contribution in [2.75, 3.05) is 5.32 Å². The molecule has 0 unspecified atom stereocenters. The molecule has 0 aliphatic heterocycles. The summed E-state index contributed by atoms with van der Waals surface area (Å²) in [5, 5.41) is 11.4. The van der Waals surface area contributed by atoms with Gasteiger partial charge in [0.15, 0.2) is 5.69 Å². The maximum absolute atomic E-state index is 11.8. The van der Waals surface area contributed by atoms with Gasteiger partial charge in [-0.15, -0.1) is 0 Å². The summed E-state index contributed by atoms with van der Waals surface area (Å²) in [5.41, 5.74) is 1.63. The average Bonchev–Trinajstić information content (AvgIpc) is 2.91. The molecule has 98 valence electrons. The van der Waals surface area contributed by atoms with Gasteiger partial charge in [-0.25, -0.2) is 0 Å². The van der Waals surface area contributed by atoms with Crippen LogP contribution < -0.4 is 5.32 Å². The molecule has 7 heteroatoms. The van der Waals surface area contributed by atoms with Crippen LogP contribution in [0.3, 0.4) is 0 Å². The zero-order chi connectivity index (χ0) is 13.7. The lowest BCUT2D eigenvalue weighted by Gasteiger charge is -2.09. The quantitative estimate of drug-likeness (QED) is 0.869. The van der Waals surface area contributed by atoms with Crippen LogP contribution in [0.5, 0.6) is 0 Å². The molecule has 1 amide bonds. The van der Waals surface area contributed by atoms with Crippen LogP contribution in [0.25, 0.3) is 0 Å². The Labute approximate surface area is 113 Å². The molecule has 0 saturated heterocycles. The third-order valence-corrected chi connectivity index (χ3v) is 2.95. The number of nitrogens with one attached hydrogen (secondary N) is 1. The third-order valence-electron chi connectivity index (χ3n) is 2.47. The molecule has 0 bridgehead atoms. The molecule has 19 heavy (non-hydrogen) atoms. The summed E-state index contributed by atoms with van der Waals surface area (Å²) in [4.78, 5) is 22.4.